The van der Waals surface area contributed by atoms with E-state index in [0.29, 0.717) is 25.3 Å². The Hall–Kier alpha value is -2.44. The smallest absolute Gasteiger partial charge is 0.249 e. The van der Waals surface area contributed by atoms with Gasteiger partial charge < -0.3 is 20.5 Å². The average Bonchev–Trinajstić information content (AvgIpc) is 3.17. The number of carbonyl (C=O) groups excluding carboxylic acids is 1. The van der Waals surface area contributed by atoms with Gasteiger partial charge in [-0.2, -0.15) is 0 Å². The lowest BCUT2D eigenvalue weighted by molar-refractivity contribution is -0.132. The van der Waals surface area contributed by atoms with Crippen LogP contribution < -0.4 is 15.8 Å². The van der Waals surface area contributed by atoms with Gasteiger partial charge in [-0.15, -0.1) is 0 Å². The first-order valence-corrected chi connectivity index (χ1v) is 9.18. The van der Waals surface area contributed by atoms with Crippen molar-refractivity contribution < 1.29 is 18.7 Å². The maximum Gasteiger partial charge on any atom is 0.249 e. The molecule has 3 N–H and O–H groups in total. The number of halogens is 1. The van der Waals surface area contributed by atoms with Crippen molar-refractivity contribution in [2.75, 3.05) is 6.54 Å². The van der Waals surface area contributed by atoms with Gasteiger partial charge in [-0.25, -0.2) is 4.39 Å². The van der Waals surface area contributed by atoms with Crippen LogP contribution in [-0.4, -0.2) is 24.7 Å². The summed E-state index contributed by atoms with van der Waals surface area (Å²) in [5.74, 6) is 0.349. The molecule has 0 bridgehead atoms. The molecule has 6 heteroatoms. The highest BCUT2D eigenvalue weighted by Gasteiger charge is 2.30. The molecule has 1 aliphatic heterocycles. The number of ether oxygens (including phenoxy) is 2. The molecular weight excluding hydrogens is 347 g/mol. The number of carbonyl (C=O) groups is 1. The summed E-state index contributed by atoms with van der Waals surface area (Å²) in [5, 5.41) is 2.98. The molecule has 0 spiro atoms. The van der Waals surface area contributed by atoms with Gasteiger partial charge in [-0.3, -0.25) is 4.79 Å². The zero-order valence-electron chi connectivity index (χ0n) is 15.4. The maximum absolute atomic E-state index is 12.9. The van der Waals surface area contributed by atoms with Gasteiger partial charge in [0.15, 0.2) is 0 Å². The summed E-state index contributed by atoms with van der Waals surface area (Å²) in [4.78, 5) is 12.3. The number of amides is 1. The van der Waals surface area contributed by atoms with Crippen molar-refractivity contribution >= 4 is 5.91 Å². The van der Waals surface area contributed by atoms with Gasteiger partial charge in [-0.1, -0.05) is 24.3 Å². The lowest BCUT2D eigenvalue weighted by Gasteiger charge is -2.18. The van der Waals surface area contributed by atoms with Crippen molar-refractivity contribution in [3.8, 4) is 5.75 Å². The van der Waals surface area contributed by atoms with E-state index in [1.165, 1.54) is 12.1 Å². The molecule has 0 radical (unpaired) electrons. The normalized spacial score (nSPS) is 20.3. The Morgan fingerprint density at radius 3 is 2.56 bits per heavy atom. The molecule has 2 aromatic rings. The quantitative estimate of drug-likeness (QED) is 0.783. The zero-order valence-corrected chi connectivity index (χ0v) is 15.4. The van der Waals surface area contributed by atoms with Crippen LogP contribution >= 0.6 is 0 Å². The van der Waals surface area contributed by atoms with Crippen LogP contribution in [0.3, 0.4) is 0 Å². The Balaban J connectivity index is 1.50. The van der Waals surface area contributed by atoms with Crippen LogP contribution in [0.5, 0.6) is 5.75 Å². The first kappa shape index (κ1) is 19.3. The first-order chi connectivity index (χ1) is 13.0. The monoisotopic (exact) mass is 372 g/mol. The topological polar surface area (TPSA) is 73.6 Å². The molecule has 144 valence electrons. The highest BCUT2D eigenvalue weighted by Crippen LogP contribution is 2.22. The van der Waals surface area contributed by atoms with Crippen LogP contribution in [0.25, 0.3) is 0 Å². The second-order valence-corrected chi connectivity index (χ2v) is 6.77. The molecule has 0 saturated carbocycles. The van der Waals surface area contributed by atoms with Gasteiger partial charge in [0.25, 0.3) is 0 Å². The Morgan fingerprint density at radius 2 is 1.93 bits per heavy atom. The molecule has 1 saturated heterocycles. The van der Waals surface area contributed by atoms with Gasteiger partial charge >= 0.3 is 0 Å². The van der Waals surface area contributed by atoms with Gasteiger partial charge in [0.05, 0.1) is 12.1 Å². The lowest BCUT2D eigenvalue weighted by atomic mass is 10.1. The SMILES string of the molecule is CC(NC(=O)[C@@H]1CC[C@H](CN)O1)c1ccc(OCc2ccc(F)cc2)cc1. The summed E-state index contributed by atoms with van der Waals surface area (Å²) in [6, 6.07) is 13.6. The number of hydrogen-bond donors (Lipinski definition) is 2. The summed E-state index contributed by atoms with van der Waals surface area (Å²) in [6.45, 7) is 2.74. The Bertz CT molecular complexity index is 749. The maximum atomic E-state index is 12.9. The van der Waals surface area contributed by atoms with E-state index < -0.39 is 6.10 Å². The van der Waals surface area contributed by atoms with E-state index in [0.717, 1.165) is 17.5 Å². The number of hydrogen-bond acceptors (Lipinski definition) is 4. The summed E-state index contributed by atoms with van der Waals surface area (Å²) >= 11 is 0. The molecule has 1 fully saturated rings. The molecule has 1 aliphatic rings. The predicted molar refractivity (Wildman–Crippen MR) is 101 cm³/mol. The van der Waals surface area contributed by atoms with E-state index >= 15 is 0 Å². The number of nitrogens with one attached hydrogen (secondary N) is 1. The van der Waals surface area contributed by atoms with Crippen LogP contribution in [-0.2, 0) is 16.1 Å². The fraction of sp³-hybridized carbons (Fsp3) is 0.381. The van der Waals surface area contributed by atoms with Crippen LogP contribution in [0.2, 0.25) is 0 Å². The van der Waals surface area contributed by atoms with Crippen molar-refractivity contribution in [1.29, 1.82) is 0 Å². The fourth-order valence-corrected chi connectivity index (χ4v) is 3.06. The molecule has 0 aliphatic carbocycles. The highest BCUT2D eigenvalue weighted by molar-refractivity contribution is 5.81. The molecule has 27 heavy (non-hydrogen) atoms. The third-order valence-corrected chi connectivity index (χ3v) is 4.72. The van der Waals surface area contributed by atoms with Crippen LogP contribution in [0.4, 0.5) is 4.39 Å². The summed E-state index contributed by atoms with van der Waals surface area (Å²) < 4.78 is 24.3. The van der Waals surface area contributed by atoms with Crippen LogP contribution in [0, 0.1) is 5.82 Å². The third-order valence-electron chi connectivity index (χ3n) is 4.72. The first-order valence-electron chi connectivity index (χ1n) is 9.18. The van der Waals surface area contributed by atoms with Gasteiger partial charge in [-0.05, 0) is 55.2 Å². The average molecular weight is 372 g/mol. The molecule has 3 atom stereocenters. The minimum atomic E-state index is -0.417. The van der Waals surface area contributed by atoms with Gasteiger partial charge in [0.1, 0.15) is 24.3 Å². The van der Waals surface area contributed by atoms with Crippen molar-refractivity contribution in [2.24, 2.45) is 5.73 Å². The van der Waals surface area contributed by atoms with Crippen LogP contribution in [0.1, 0.15) is 36.9 Å². The number of nitrogens with two attached hydrogens (primary N) is 1. The van der Waals surface area contributed by atoms with E-state index in [9.17, 15) is 9.18 Å². The fourth-order valence-electron chi connectivity index (χ4n) is 3.06. The zero-order chi connectivity index (χ0) is 19.2. The molecule has 0 aromatic heterocycles. The largest absolute Gasteiger partial charge is 0.489 e. The minimum Gasteiger partial charge on any atom is -0.489 e. The molecule has 1 amide bonds. The molecule has 5 nitrogen and oxygen atoms in total. The second kappa shape index (κ2) is 8.97. The molecule has 3 rings (SSSR count). The Morgan fingerprint density at radius 1 is 1.22 bits per heavy atom. The van der Waals surface area contributed by atoms with E-state index in [4.69, 9.17) is 15.2 Å². The van der Waals surface area contributed by atoms with E-state index in [-0.39, 0.29) is 23.9 Å². The predicted octanol–water partition coefficient (Wildman–Crippen LogP) is 3.09. The Kier molecular flexibility index (Phi) is 6.42. The van der Waals surface area contributed by atoms with E-state index in [1.807, 2.05) is 31.2 Å². The standard InChI is InChI=1S/C21H25FN2O3/c1-14(24-21(25)20-11-10-19(12-23)27-20)16-4-8-18(9-5-16)26-13-15-2-6-17(22)7-3-15/h2-9,14,19-20H,10-13,23H2,1H3,(H,24,25)/t14?,19-,20+/m1/s1. The van der Waals surface area contributed by atoms with E-state index in [2.05, 4.69) is 5.32 Å². The Labute approximate surface area is 158 Å². The minimum absolute atomic E-state index is 0.0198. The van der Waals surface area contributed by atoms with Crippen molar-refractivity contribution in [3.63, 3.8) is 0 Å². The third kappa shape index (κ3) is 5.28. The number of rotatable bonds is 7. The summed E-state index contributed by atoms with van der Waals surface area (Å²) in [6.07, 6.45) is 1.09. The van der Waals surface area contributed by atoms with Crippen molar-refractivity contribution in [2.45, 2.75) is 44.6 Å². The van der Waals surface area contributed by atoms with Crippen LogP contribution in [0.15, 0.2) is 48.5 Å². The lowest BCUT2D eigenvalue weighted by Crippen LogP contribution is -2.36. The van der Waals surface area contributed by atoms with Crippen molar-refractivity contribution in [3.05, 3.63) is 65.5 Å². The molecular formula is C21H25FN2O3. The molecule has 1 unspecified atom stereocenters. The molecule has 1 heterocycles. The van der Waals surface area contributed by atoms with E-state index in [1.54, 1.807) is 12.1 Å². The summed E-state index contributed by atoms with van der Waals surface area (Å²) in [7, 11) is 0. The van der Waals surface area contributed by atoms with Gasteiger partial charge in [0.2, 0.25) is 5.91 Å². The van der Waals surface area contributed by atoms with Crippen molar-refractivity contribution in [1.82, 2.24) is 5.32 Å². The highest BCUT2D eigenvalue weighted by atomic mass is 19.1. The number of benzene rings is 2. The van der Waals surface area contributed by atoms with Gasteiger partial charge in [0, 0.05) is 6.54 Å². The second-order valence-electron chi connectivity index (χ2n) is 6.77. The molecule has 2 aromatic carbocycles. The summed E-state index contributed by atoms with van der Waals surface area (Å²) in [5.41, 5.74) is 7.46.